The summed E-state index contributed by atoms with van der Waals surface area (Å²) in [6.07, 6.45) is 2.30. The van der Waals surface area contributed by atoms with Gasteiger partial charge in [0, 0.05) is 44.0 Å². The molecule has 1 N–H and O–H groups in total. The molecule has 1 atom stereocenters. The lowest BCUT2D eigenvalue weighted by Gasteiger charge is -2.35. The van der Waals surface area contributed by atoms with Gasteiger partial charge < -0.3 is 10.0 Å². The highest BCUT2D eigenvalue weighted by molar-refractivity contribution is 7.09. The van der Waals surface area contributed by atoms with E-state index >= 15 is 0 Å². The van der Waals surface area contributed by atoms with E-state index in [1.165, 1.54) is 4.88 Å². The summed E-state index contributed by atoms with van der Waals surface area (Å²) in [7, 11) is 0. The summed E-state index contributed by atoms with van der Waals surface area (Å²) in [4.78, 5) is 17.7. The van der Waals surface area contributed by atoms with Gasteiger partial charge in [-0.1, -0.05) is 6.07 Å². The van der Waals surface area contributed by atoms with Gasteiger partial charge in [0.2, 0.25) is 5.91 Å². The van der Waals surface area contributed by atoms with Crippen LogP contribution < -0.4 is 0 Å². The van der Waals surface area contributed by atoms with Crippen molar-refractivity contribution >= 4 is 17.2 Å². The van der Waals surface area contributed by atoms with Gasteiger partial charge in [-0.05, 0) is 31.2 Å². The highest BCUT2D eigenvalue weighted by Gasteiger charge is 2.21. The zero-order valence-corrected chi connectivity index (χ0v) is 12.9. The Morgan fingerprint density at radius 3 is 2.75 bits per heavy atom. The molecule has 0 unspecified atom stereocenters. The number of hydrogen-bond acceptors (Lipinski definition) is 4. The Morgan fingerprint density at radius 1 is 1.40 bits per heavy atom. The first-order valence-electron chi connectivity index (χ1n) is 7.35. The van der Waals surface area contributed by atoms with Gasteiger partial charge in [-0.25, -0.2) is 0 Å². The molecular weight excluding hydrogens is 272 g/mol. The van der Waals surface area contributed by atoms with E-state index in [4.69, 9.17) is 0 Å². The molecule has 4 nitrogen and oxygen atoms in total. The zero-order chi connectivity index (χ0) is 14.4. The van der Waals surface area contributed by atoms with Gasteiger partial charge >= 0.3 is 0 Å². The third kappa shape index (κ3) is 4.89. The molecule has 1 aromatic heterocycles. The van der Waals surface area contributed by atoms with E-state index in [9.17, 15) is 9.90 Å². The fourth-order valence-electron chi connectivity index (χ4n) is 2.58. The van der Waals surface area contributed by atoms with E-state index in [2.05, 4.69) is 22.4 Å². The Morgan fingerprint density at radius 2 is 2.15 bits per heavy atom. The lowest BCUT2D eigenvalue weighted by Crippen LogP contribution is -2.50. The summed E-state index contributed by atoms with van der Waals surface area (Å²) < 4.78 is 0. The first-order valence-corrected chi connectivity index (χ1v) is 8.23. The molecule has 0 aliphatic carbocycles. The molecule has 1 amide bonds. The Hall–Kier alpha value is -0.910. The number of carbonyl (C=O) groups is 1. The molecule has 20 heavy (non-hydrogen) atoms. The number of amides is 1. The van der Waals surface area contributed by atoms with E-state index < -0.39 is 0 Å². The Balaban J connectivity index is 1.64. The van der Waals surface area contributed by atoms with Crippen LogP contribution in [0.1, 0.15) is 24.6 Å². The van der Waals surface area contributed by atoms with Gasteiger partial charge in [-0.2, -0.15) is 0 Å². The van der Waals surface area contributed by atoms with Crippen molar-refractivity contribution in [2.45, 2.75) is 32.3 Å². The molecule has 5 heteroatoms. The highest BCUT2D eigenvalue weighted by atomic mass is 32.1. The van der Waals surface area contributed by atoms with E-state index in [-0.39, 0.29) is 12.0 Å². The molecule has 1 aliphatic rings. The Labute approximate surface area is 125 Å². The molecule has 112 valence electrons. The topological polar surface area (TPSA) is 43.8 Å². The van der Waals surface area contributed by atoms with Crippen LogP contribution in [0.15, 0.2) is 17.5 Å². The van der Waals surface area contributed by atoms with Crippen LogP contribution >= 0.6 is 11.3 Å². The minimum atomic E-state index is -0.289. The fraction of sp³-hybridized carbons (Fsp3) is 0.667. The minimum Gasteiger partial charge on any atom is -0.392 e. The number of rotatable bonds is 6. The van der Waals surface area contributed by atoms with Crippen molar-refractivity contribution in [2.75, 3.05) is 32.7 Å². The molecule has 0 aromatic carbocycles. The molecule has 0 bridgehead atoms. The standard InChI is InChI=1S/C15H24N2O2S/c1-13(18)12-16-7-9-17(10-8-16)15(19)6-2-4-14-5-3-11-20-14/h3,5,11,13,18H,2,4,6-10,12H2,1H3/t13-/m0/s1. The first-order chi connectivity index (χ1) is 9.65. The smallest absolute Gasteiger partial charge is 0.222 e. The second kappa shape index (κ2) is 7.76. The average molecular weight is 296 g/mol. The largest absolute Gasteiger partial charge is 0.392 e. The van der Waals surface area contributed by atoms with Crippen LogP contribution in [0.4, 0.5) is 0 Å². The maximum absolute atomic E-state index is 12.1. The lowest BCUT2D eigenvalue weighted by molar-refractivity contribution is -0.133. The third-order valence-corrected chi connectivity index (χ3v) is 4.58. The molecule has 2 heterocycles. The maximum Gasteiger partial charge on any atom is 0.222 e. The summed E-state index contributed by atoms with van der Waals surface area (Å²) in [5.74, 6) is 0.276. The quantitative estimate of drug-likeness (QED) is 0.867. The number of aliphatic hydroxyl groups is 1. The Bertz CT molecular complexity index is 398. The fourth-order valence-corrected chi connectivity index (χ4v) is 3.33. The second-order valence-corrected chi connectivity index (χ2v) is 6.50. The van der Waals surface area contributed by atoms with Crippen molar-refractivity contribution in [3.8, 4) is 0 Å². The molecular formula is C15H24N2O2S. The van der Waals surface area contributed by atoms with Crippen molar-refractivity contribution in [3.05, 3.63) is 22.4 Å². The minimum absolute atomic E-state index is 0.276. The SMILES string of the molecule is C[C@H](O)CN1CCN(C(=O)CCCc2cccs2)CC1. The highest BCUT2D eigenvalue weighted by Crippen LogP contribution is 2.13. The molecule has 1 saturated heterocycles. The summed E-state index contributed by atoms with van der Waals surface area (Å²) in [6, 6.07) is 4.19. The number of nitrogens with zero attached hydrogens (tertiary/aromatic N) is 2. The van der Waals surface area contributed by atoms with E-state index in [0.717, 1.165) is 39.0 Å². The maximum atomic E-state index is 12.1. The molecule has 0 saturated carbocycles. The molecule has 2 rings (SSSR count). The molecule has 1 fully saturated rings. The molecule has 0 spiro atoms. The second-order valence-electron chi connectivity index (χ2n) is 5.46. The predicted molar refractivity (Wildman–Crippen MR) is 82.0 cm³/mol. The number of piperazine rings is 1. The van der Waals surface area contributed by atoms with E-state index in [1.807, 2.05) is 11.8 Å². The third-order valence-electron chi connectivity index (χ3n) is 3.64. The molecule has 1 aliphatic heterocycles. The number of aliphatic hydroxyl groups excluding tert-OH is 1. The summed E-state index contributed by atoms with van der Waals surface area (Å²) >= 11 is 1.76. The van der Waals surface area contributed by atoms with Crippen LogP contribution in [0.3, 0.4) is 0 Å². The molecule has 1 aromatic rings. The number of hydrogen-bond donors (Lipinski definition) is 1. The van der Waals surface area contributed by atoms with Gasteiger partial charge in [0.05, 0.1) is 6.10 Å². The van der Waals surface area contributed by atoms with Crippen LogP contribution in [0.25, 0.3) is 0 Å². The average Bonchev–Trinajstić information content (AvgIpc) is 2.92. The van der Waals surface area contributed by atoms with E-state index in [0.29, 0.717) is 13.0 Å². The number of thiophene rings is 1. The first kappa shape index (κ1) is 15.5. The van der Waals surface area contributed by atoms with Gasteiger partial charge in [0.15, 0.2) is 0 Å². The van der Waals surface area contributed by atoms with Crippen molar-refractivity contribution in [1.29, 1.82) is 0 Å². The zero-order valence-electron chi connectivity index (χ0n) is 12.1. The number of β-amino-alcohol motifs (C(OH)–C–C–N with tert-alkyl or cyclic N) is 1. The van der Waals surface area contributed by atoms with Crippen LogP contribution in [0.5, 0.6) is 0 Å². The van der Waals surface area contributed by atoms with Gasteiger partial charge in [-0.15, -0.1) is 11.3 Å². The normalized spacial score (nSPS) is 18.2. The van der Waals surface area contributed by atoms with Crippen molar-refractivity contribution in [3.63, 3.8) is 0 Å². The summed E-state index contributed by atoms with van der Waals surface area (Å²) in [6.45, 7) is 5.86. The monoisotopic (exact) mass is 296 g/mol. The number of carbonyl (C=O) groups excluding carboxylic acids is 1. The van der Waals surface area contributed by atoms with Crippen molar-refractivity contribution in [1.82, 2.24) is 9.80 Å². The summed E-state index contributed by atoms with van der Waals surface area (Å²) in [5.41, 5.74) is 0. The van der Waals surface area contributed by atoms with Crippen molar-refractivity contribution < 1.29 is 9.90 Å². The van der Waals surface area contributed by atoms with Gasteiger partial charge in [-0.3, -0.25) is 9.69 Å². The Kier molecular flexibility index (Phi) is 6.01. The van der Waals surface area contributed by atoms with Crippen LogP contribution in [-0.4, -0.2) is 59.6 Å². The summed E-state index contributed by atoms with van der Waals surface area (Å²) in [5, 5.41) is 11.4. The molecule has 0 radical (unpaired) electrons. The predicted octanol–water partition coefficient (Wildman–Crippen LogP) is 1.60. The number of aryl methyl sites for hydroxylation is 1. The van der Waals surface area contributed by atoms with E-state index in [1.54, 1.807) is 11.3 Å². The van der Waals surface area contributed by atoms with Gasteiger partial charge in [0.1, 0.15) is 0 Å². The van der Waals surface area contributed by atoms with Crippen LogP contribution in [0, 0.1) is 0 Å². The van der Waals surface area contributed by atoms with Crippen LogP contribution in [0.2, 0.25) is 0 Å². The van der Waals surface area contributed by atoms with Gasteiger partial charge in [0.25, 0.3) is 0 Å². The van der Waals surface area contributed by atoms with Crippen molar-refractivity contribution in [2.24, 2.45) is 0 Å². The lowest BCUT2D eigenvalue weighted by atomic mass is 10.2. The van der Waals surface area contributed by atoms with Crippen LogP contribution in [-0.2, 0) is 11.2 Å².